The molecule has 39 heavy (non-hydrogen) atoms. The predicted octanol–water partition coefficient (Wildman–Crippen LogP) is 8.07. The SMILES string of the molecule is C1=Nc2c(n(-c3ccccc3)c3ccc4c5ccc6c(c7ncccc7n6-c6ccccn6)c5oc4c23)CC1. The zero-order valence-electron chi connectivity index (χ0n) is 20.9. The van der Waals surface area contributed by atoms with Gasteiger partial charge in [-0.2, -0.15) is 0 Å². The van der Waals surface area contributed by atoms with Crippen LogP contribution in [0, 0.1) is 0 Å². The number of benzene rings is 3. The standard InChI is InChI=1S/C33H21N5O/c1-2-8-20(9-3-1)37-23-15-13-21-22-14-16-24-29(33(22)39-32(21)28(23)30-25(37)10-6-18-35-30)31-26(11-7-19-36-31)38(24)27-12-4-5-17-34-27/h1-5,7-9,11-19H,6,10H2. The largest absolute Gasteiger partial charge is 0.454 e. The second-order valence-corrected chi connectivity index (χ2v) is 9.99. The van der Waals surface area contributed by atoms with Crippen LogP contribution in [-0.4, -0.2) is 25.3 Å². The van der Waals surface area contributed by atoms with Crippen LogP contribution >= 0.6 is 0 Å². The molecule has 9 rings (SSSR count). The highest BCUT2D eigenvalue weighted by molar-refractivity contribution is 6.26. The van der Waals surface area contributed by atoms with E-state index < -0.39 is 0 Å². The molecule has 0 unspecified atom stereocenters. The molecule has 0 saturated heterocycles. The molecule has 0 aliphatic carbocycles. The van der Waals surface area contributed by atoms with Crippen LogP contribution < -0.4 is 0 Å². The van der Waals surface area contributed by atoms with Crippen LogP contribution in [0.15, 0.2) is 107 Å². The fraction of sp³-hybridized carbons (Fsp3) is 0.0606. The van der Waals surface area contributed by atoms with Gasteiger partial charge in [0.1, 0.15) is 22.5 Å². The number of aliphatic imine (C=N–C) groups is 1. The van der Waals surface area contributed by atoms with Crippen molar-refractivity contribution in [2.24, 2.45) is 4.99 Å². The Morgan fingerprint density at radius 1 is 0.641 bits per heavy atom. The second-order valence-electron chi connectivity index (χ2n) is 9.99. The lowest BCUT2D eigenvalue weighted by atomic mass is 10.1. The molecular weight excluding hydrogens is 482 g/mol. The Hall–Kier alpha value is -5.23. The summed E-state index contributed by atoms with van der Waals surface area (Å²) in [5.41, 5.74) is 9.13. The lowest BCUT2D eigenvalue weighted by Crippen LogP contribution is -2.02. The van der Waals surface area contributed by atoms with Crippen LogP contribution in [0.4, 0.5) is 5.69 Å². The maximum absolute atomic E-state index is 6.89. The first-order valence-electron chi connectivity index (χ1n) is 13.2. The molecular formula is C33H21N5O. The van der Waals surface area contributed by atoms with Crippen LogP contribution in [0.25, 0.3) is 66.3 Å². The third-order valence-electron chi connectivity index (χ3n) is 7.92. The molecule has 0 radical (unpaired) electrons. The zero-order valence-corrected chi connectivity index (χ0v) is 20.9. The summed E-state index contributed by atoms with van der Waals surface area (Å²) < 4.78 is 11.4. The highest BCUT2D eigenvalue weighted by atomic mass is 16.3. The molecule has 0 fully saturated rings. The van der Waals surface area contributed by atoms with E-state index >= 15 is 0 Å². The van der Waals surface area contributed by atoms with Gasteiger partial charge < -0.3 is 8.98 Å². The van der Waals surface area contributed by atoms with E-state index in [0.717, 1.165) is 84.8 Å². The lowest BCUT2D eigenvalue weighted by Gasteiger charge is -2.12. The fourth-order valence-electron chi connectivity index (χ4n) is 6.34. The van der Waals surface area contributed by atoms with E-state index in [4.69, 9.17) is 14.4 Å². The topological polar surface area (TPSA) is 61.1 Å². The second kappa shape index (κ2) is 7.65. The van der Waals surface area contributed by atoms with E-state index in [9.17, 15) is 0 Å². The molecule has 1 aliphatic heterocycles. The summed E-state index contributed by atoms with van der Waals surface area (Å²) in [4.78, 5) is 14.4. The monoisotopic (exact) mass is 503 g/mol. The quantitative estimate of drug-likeness (QED) is 0.240. The van der Waals surface area contributed by atoms with Gasteiger partial charge in [0.15, 0.2) is 0 Å². The van der Waals surface area contributed by atoms with Crippen LogP contribution in [0.2, 0.25) is 0 Å². The minimum absolute atomic E-state index is 0.842. The fourth-order valence-corrected chi connectivity index (χ4v) is 6.34. The van der Waals surface area contributed by atoms with Crippen molar-refractivity contribution in [2.45, 2.75) is 12.8 Å². The highest BCUT2D eigenvalue weighted by Crippen LogP contribution is 2.46. The van der Waals surface area contributed by atoms with Gasteiger partial charge in [0, 0.05) is 35.1 Å². The van der Waals surface area contributed by atoms with Crippen molar-refractivity contribution in [1.29, 1.82) is 0 Å². The van der Waals surface area contributed by atoms with Crippen molar-refractivity contribution in [3.8, 4) is 11.5 Å². The Kier molecular flexibility index (Phi) is 4.08. The summed E-state index contributed by atoms with van der Waals surface area (Å²) >= 11 is 0. The van der Waals surface area contributed by atoms with Gasteiger partial charge in [-0.1, -0.05) is 24.3 Å². The number of pyridine rings is 2. The van der Waals surface area contributed by atoms with Crippen molar-refractivity contribution in [2.75, 3.05) is 0 Å². The minimum Gasteiger partial charge on any atom is -0.454 e. The molecule has 0 amide bonds. The molecule has 6 heteroatoms. The summed E-state index contributed by atoms with van der Waals surface area (Å²) in [6.45, 7) is 0. The Labute approximate surface area is 222 Å². The van der Waals surface area contributed by atoms with E-state index in [-0.39, 0.29) is 0 Å². The molecule has 0 atom stereocenters. The number of aromatic nitrogens is 4. The average Bonchev–Trinajstić information content (AvgIpc) is 3.65. The average molecular weight is 504 g/mol. The molecule has 8 aromatic rings. The maximum Gasteiger partial charge on any atom is 0.147 e. The van der Waals surface area contributed by atoms with Crippen molar-refractivity contribution < 1.29 is 4.42 Å². The normalized spacial score (nSPS) is 13.3. The molecule has 0 saturated carbocycles. The van der Waals surface area contributed by atoms with Crippen molar-refractivity contribution in [3.63, 3.8) is 0 Å². The van der Waals surface area contributed by atoms with Crippen molar-refractivity contribution in [3.05, 3.63) is 103 Å². The van der Waals surface area contributed by atoms with Gasteiger partial charge in [0.2, 0.25) is 0 Å². The van der Waals surface area contributed by atoms with Crippen LogP contribution in [-0.2, 0) is 6.42 Å². The third kappa shape index (κ3) is 2.72. The van der Waals surface area contributed by atoms with Gasteiger partial charge in [-0.15, -0.1) is 0 Å². The molecule has 184 valence electrons. The number of hydrogen-bond donors (Lipinski definition) is 0. The Morgan fingerprint density at radius 2 is 1.41 bits per heavy atom. The Bertz CT molecular complexity index is 2270. The number of fused-ring (bicyclic) bond motifs is 11. The Morgan fingerprint density at radius 3 is 2.23 bits per heavy atom. The number of furan rings is 1. The number of hydrogen-bond acceptors (Lipinski definition) is 4. The van der Waals surface area contributed by atoms with Gasteiger partial charge in [0.05, 0.1) is 38.7 Å². The maximum atomic E-state index is 6.89. The van der Waals surface area contributed by atoms with E-state index in [0.29, 0.717) is 0 Å². The number of rotatable bonds is 2. The summed E-state index contributed by atoms with van der Waals surface area (Å²) in [6.07, 6.45) is 7.56. The van der Waals surface area contributed by atoms with Gasteiger partial charge in [0.25, 0.3) is 0 Å². The number of nitrogens with zero attached hydrogens (tertiary/aromatic N) is 5. The molecule has 0 spiro atoms. The van der Waals surface area contributed by atoms with Crippen LogP contribution in [0.5, 0.6) is 0 Å². The predicted molar refractivity (Wildman–Crippen MR) is 157 cm³/mol. The minimum atomic E-state index is 0.842. The summed E-state index contributed by atoms with van der Waals surface area (Å²) in [5, 5.41) is 4.22. The van der Waals surface area contributed by atoms with E-state index in [1.807, 2.05) is 42.9 Å². The third-order valence-corrected chi connectivity index (χ3v) is 7.92. The highest BCUT2D eigenvalue weighted by Gasteiger charge is 2.25. The van der Waals surface area contributed by atoms with Crippen LogP contribution in [0.1, 0.15) is 12.1 Å². The molecule has 6 nitrogen and oxygen atoms in total. The number of para-hydroxylation sites is 1. The van der Waals surface area contributed by atoms with Crippen LogP contribution in [0.3, 0.4) is 0 Å². The van der Waals surface area contributed by atoms with Gasteiger partial charge in [-0.25, -0.2) is 4.98 Å². The van der Waals surface area contributed by atoms with Crippen molar-refractivity contribution >= 4 is 66.7 Å². The molecule has 5 aromatic heterocycles. The first-order chi connectivity index (χ1) is 19.4. The van der Waals surface area contributed by atoms with E-state index in [2.05, 4.69) is 74.8 Å². The lowest BCUT2D eigenvalue weighted by molar-refractivity contribution is 0.676. The molecule has 1 aliphatic rings. The summed E-state index contributed by atoms with van der Waals surface area (Å²) in [5.74, 6) is 0.853. The van der Waals surface area contributed by atoms with E-state index in [1.165, 1.54) is 5.69 Å². The molecule has 3 aromatic carbocycles. The van der Waals surface area contributed by atoms with Gasteiger partial charge >= 0.3 is 0 Å². The summed E-state index contributed by atoms with van der Waals surface area (Å²) in [6, 6.07) is 29.3. The molecule has 6 heterocycles. The van der Waals surface area contributed by atoms with Crippen molar-refractivity contribution in [1.82, 2.24) is 19.1 Å². The first-order valence-corrected chi connectivity index (χ1v) is 13.2. The first kappa shape index (κ1) is 20.8. The zero-order chi connectivity index (χ0) is 25.5. The van der Waals surface area contributed by atoms with Gasteiger partial charge in [-0.3, -0.25) is 14.5 Å². The van der Waals surface area contributed by atoms with E-state index in [1.54, 1.807) is 0 Å². The smallest absolute Gasteiger partial charge is 0.147 e. The summed E-state index contributed by atoms with van der Waals surface area (Å²) in [7, 11) is 0. The Balaban J connectivity index is 1.45. The molecule has 0 N–H and O–H groups in total. The molecule has 0 bridgehead atoms. The van der Waals surface area contributed by atoms with Gasteiger partial charge in [-0.05, 0) is 73.5 Å².